The number of Topliss-reactive ketones (excluding diaryl/α,β-unsaturated/α-hetero) is 1. The molecule has 17 heavy (non-hydrogen) atoms. The Bertz CT molecular complexity index is 611. The molecular weight excluding hydrogens is 210 g/mol. The van der Waals surface area contributed by atoms with Crippen LogP contribution in [0.1, 0.15) is 31.0 Å². The fourth-order valence-corrected chi connectivity index (χ4v) is 2.49. The lowest BCUT2D eigenvalue weighted by Gasteiger charge is -2.12. The standard InChI is InChI=1S/C15H15NO/c1-10-3-4-12-9-13(5-6-14(12)16-10)15(7-8-15)11(2)17/h3-6,9H,7-8H2,1-2H3. The Morgan fingerprint density at radius 2 is 2.00 bits per heavy atom. The molecule has 0 N–H and O–H groups in total. The molecule has 1 aromatic carbocycles. The summed E-state index contributed by atoms with van der Waals surface area (Å²) in [6.45, 7) is 3.69. The number of fused-ring (bicyclic) bond motifs is 1. The number of nitrogens with zero attached hydrogens (tertiary/aromatic N) is 1. The highest BCUT2D eigenvalue weighted by molar-refractivity contribution is 5.92. The van der Waals surface area contributed by atoms with Crippen LogP contribution >= 0.6 is 0 Å². The molecule has 1 aromatic heterocycles. The van der Waals surface area contributed by atoms with Crippen LogP contribution in [0.3, 0.4) is 0 Å². The summed E-state index contributed by atoms with van der Waals surface area (Å²) < 4.78 is 0. The van der Waals surface area contributed by atoms with Crippen molar-refractivity contribution < 1.29 is 4.79 Å². The highest BCUT2D eigenvalue weighted by Crippen LogP contribution is 2.49. The molecule has 86 valence electrons. The van der Waals surface area contributed by atoms with E-state index >= 15 is 0 Å². The van der Waals surface area contributed by atoms with Gasteiger partial charge in [-0.3, -0.25) is 9.78 Å². The highest BCUT2D eigenvalue weighted by Gasteiger charge is 2.48. The molecule has 2 heteroatoms. The third kappa shape index (κ3) is 1.55. The SMILES string of the molecule is CC(=O)C1(c2ccc3nc(C)ccc3c2)CC1. The summed E-state index contributed by atoms with van der Waals surface area (Å²) in [6.07, 6.45) is 1.99. The molecule has 0 amide bonds. The Balaban J connectivity index is 2.15. The van der Waals surface area contributed by atoms with Crippen molar-refractivity contribution in [2.45, 2.75) is 32.1 Å². The third-order valence-corrected chi connectivity index (χ3v) is 3.80. The van der Waals surface area contributed by atoms with Gasteiger partial charge in [-0.15, -0.1) is 0 Å². The summed E-state index contributed by atoms with van der Waals surface area (Å²) in [6, 6.07) is 10.3. The number of hydrogen-bond donors (Lipinski definition) is 0. The zero-order valence-corrected chi connectivity index (χ0v) is 10.2. The van der Waals surface area contributed by atoms with Crippen LogP contribution in [-0.4, -0.2) is 10.8 Å². The fraction of sp³-hybridized carbons (Fsp3) is 0.333. The monoisotopic (exact) mass is 225 g/mol. The van der Waals surface area contributed by atoms with Crippen molar-refractivity contribution >= 4 is 16.7 Å². The molecule has 3 rings (SSSR count). The first-order valence-corrected chi connectivity index (χ1v) is 6.01. The van der Waals surface area contributed by atoms with Crippen molar-refractivity contribution in [3.05, 3.63) is 41.6 Å². The van der Waals surface area contributed by atoms with Gasteiger partial charge in [0.05, 0.1) is 10.9 Å². The van der Waals surface area contributed by atoms with Gasteiger partial charge < -0.3 is 0 Å². The van der Waals surface area contributed by atoms with Gasteiger partial charge in [-0.2, -0.15) is 0 Å². The number of rotatable bonds is 2. The summed E-state index contributed by atoms with van der Waals surface area (Å²) in [5.41, 5.74) is 3.01. The number of pyridine rings is 1. The third-order valence-electron chi connectivity index (χ3n) is 3.80. The lowest BCUT2D eigenvalue weighted by atomic mass is 9.91. The number of benzene rings is 1. The van der Waals surface area contributed by atoms with E-state index in [0.29, 0.717) is 0 Å². The first kappa shape index (κ1) is 10.5. The van der Waals surface area contributed by atoms with E-state index in [0.717, 1.165) is 35.0 Å². The van der Waals surface area contributed by atoms with E-state index in [1.807, 2.05) is 19.1 Å². The Hall–Kier alpha value is -1.70. The average Bonchev–Trinajstić information content (AvgIpc) is 3.09. The minimum Gasteiger partial charge on any atom is -0.299 e. The maximum atomic E-state index is 11.7. The first-order valence-electron chi connectivity index (χ1n) is 6.01. The summed E-state index contributed by atoms with van der Waals surface area (Å²) in [7, 11) is 0. The van der Waals surface area contributed by atoms with Gasteiger partial charge in [-0.05, 0) is 50.5 Å². The van der Waals surface area contributed by atoms with E-state index in [2.05, 4.69) is 23.2 Å². The topological polar surface area (TPSA) is 30.0 Å². The molecule has 1 aliphatic rings. The van der Waals surface area contributed by atoms with Crippen molar-refractivity contribution in [2.75, 3.05) is 0 Å². The van der Waals surface area contributed by atoms with E-state index in [1.165, 1.54) is 0 Å². The molecule has 0 saturated heterocycles. The van der Waals surface area contributed by atoms with Crippen LogP contribution in [0.25, 0.3) is 10.9 Å². The van der Waals surface area contributed by atoms with Gasteiger partial charge in [0.15, 0.2) is 0 Å². The Kier molecular flexibility index (Phi) is 2.09. The molecule has 1 fully saturated rings. The zero-order chi connectivity index (χ0) is 12.0. The van der Waals surface area contributed by atoms with E-state index in [4.69, 9.17) is 0 Å². The van der Waals surface area contributed by atoms with Gasteiger partial charge in [-0.1, -0.05) is 12.1 Å². The number of aromatic nitrogens is 1. The van der Waals surface area contributed by atoms with Crippen molar-refractivity contribution in [1.82, 2.24) is 4.98 Å². The maximum Gasteiger partial charge on any atom is 0.140 e. The predicted molar refractivity (Wildman–Crippen MR) is 68.1 cm³/mol. The van der Waals surface area contributed by atoms with Crippen LogP contribution in [-0.2, 0) is 10.2 Å². The molecule has 0 aliphatic heterocycles. The predicted octanol–water partition coefficient (Wildman–Crippen LogP) is 3.16. The number of ketones is 1. The van der Waals surface area contributed by atoms with Crippen LogP contribution in [0.5, 0.6) is 0 Å². The molecular formula is C15H15NO. The van der Waals surface area contributed by atoms with E-state index in [-0.39, 0.29) is 11.2 Å². The van der Waals surface area contributed by atoms with Crippen molar-refractivity contribution in [2.24, 2.45) is 0 Å². The maximum absolute atomic E-state index is 11.7. The van der Waals surface area contributed by atoms with Crippen LogP contribution in [0.2, 0.25) is 0 Å². The molecule has 2 aromatic rings. The average molecular weight is 225 g/mol. The molecule has 1 heterocycles. The van der Waals surface area contributed by atoms with Gasteiger partial charge in [0.1, 0.15) is 5.78 Å². The summed E-state index contributed by atoms with van der Waals surface area (Å²) in [5, 5.41) is 1.13. The van der Waals surface area contributed by atoms with Crippen LogP contribution in [0.4, 0.5) is 0 Å². The lowest BCUT2D eigenvalue weighted by molar-refractivity contribution is -0.119. The largest absolute Gasteiger partial charge is 0.299 e. The van der Waals surface area contributed by atoms with Gasteiger partial charge in [-0.25, -0.2) is 0 Å². The molecule has 0 unspecified atom stereocenters. The fourth-order valence-electron chi connectivity index (χ4n) is 2.49. The number of hydrogen-bond acceptors (Lipinski definition) is 2. The van der Waals surface area contributed by atoms with Crippen molar-refractivity contribution in [3.8, 4) is 0 Å². The second-order valence-corrected chi connectivity index (χ2v) is 5.00. The summed E-state index contributed by atoms with van der Waals surface area (Å²) in [4.78, 5) is 16.2. The minimum absolute atomic E-state index is 0.181. The first-order chi connectivity index (χ1) is 8.12. The van der Waals surface area contributed by atoms with Gasteiger partial charge in [0.25, 0.3) is 0 Å². The van der Waals surface area contributed by atoms with E-state index in [1.54, 1.807) is 6.92 Å². The molecule has 0 spiro atoms. The van der Waals surface area contributed by atoms with Crippen LogP contribution in [0.15, 0.2) is 30.3 Å². The quantitative estimate of drug-likeness (QED) is 0.785. The lowest BCUT2D eigenvalue weighted by Crippen LogP contribution is -2.16. The van der Waals surface area contributed by atoms with Crippen molar-refractivity contribution in [3.63, 3.8) is 0 Å². The van der Waals surface area contributed by atoms with Gasteiger partial charge >= 0.3 is 0 Å². The minimum atomic E-state index is -0.181. The molecule has 1 saturated carbocycles. The second kappa shape index (κ2) is 3.39. The summed E-state index contributed by atoms with van der Waals surface area (Å²) in [5.74, 6) is 0.289. The second-order valence-electron chi connectivity index (χ2n) is 5.00. The van der Waals surface area contributed by atoms with Gasteiger partial charge in [0.2, 0.25) is 0 Å². The Labute approximate surface area is 101 Å². The number of carbonyl (C=O) groups is 1. The number of carbonyl (C=O) groups excluding carboxylic acids is 1. The van der Waals surface area contributed by atoms with E-state index in [9.17, 15) is 4.79 Å². The summed E-state index contributed by atoms with van der Waals surface area (Å²) >= 11 is 0. The smallest absolute Gasteiger partial charge is 0.140 e. The van der Waals surface area contributed by atoms with Gasteiger partial charge in [0, 0.05) is 11.1 Å². The normalized spacial score (nSPS) is 17.1. The highest BCUT2D eigenvalue weighted by atomic mass is 16.1. The molecule has 0 bridgehead atoms. The molecule has 1 aliphatic carbocycles. The van der Waals surface area contributed by atoms with Crippen LogP contribution in [0, 0.1) is 6.92 Å². The Morgan fingerprint density at radius 1 is 1.24 bits per heavy atom. The van der Waals surface area contributed by atoms with Crippen LogP contribution < -0.4 is 0 Å². The zero-order valence-electron chi connectivity index (χ0n) is 10.2. The van der Waals surface area contributed by atoms with E-state index < -0.39 is 0 Å². The molecule has 0 atom stereocenters. The van der Waals surface area contributed by atoms with Crippen molar-refractivity contribution in [1.29, 1.82) is 0 Å². The molecule has 2 nitrogen and oxygen atoms in total. The molecule has 0 radical (unpaired) electrons. The number of aryl methyl sites for hydroxylation is 1. The Morgan fingerprint density at radius 3 is 2.65 bits per heavy atom.